The molecule has 3 heterocycles. The maximum absolute atomic E-state index is 12.8. The predicted molar refractivity (Wildman–Crippen MR) is 113 cm³/mol. The quantitative estimate of drug-likeness (QED) is 0.630. The van der Waals surface area contributed by atoms with Crippen molar-refractivity contribution in [2.75, 3.05) is 26.6 Å². The van der Waals surface area contributed by atoms with Crippen molar-refractivity contribution >= 4 is 15.9 Å². The largest absolute Gasteiger partial charge is 0.454 e. The summed E-state index contributed by atoms with van der Waals surface area (Å²) in [4.78, 5) is 12.8. The van der Waals surface area contributed by atoms with Crippen LogP contribution in [0, 0.1) is 13.8 Å². The number of sulfonamides is 1. The van der Waals surface area contributed by atoms with Gasteiger partial charge in [-0.3, -0.25) is 4.79 Å². The highest BCUT2D eigenvalue weighted by molar-refractivity contribution is 7.89. The SMILES string of the molecule is Cc1noc(C)c1S(=O)(=O)N[C@@H](C)C(=O)NCC1(c2ccc3c(c2)OCO3)CCOCC1. The molecule has 32 heavy (non-hydrogen) atoms. The third-order valence-corrected chi connectivity index (χ3v) is 7.78. The molecule has 1 amide bonds. The van der Waals surface area contributed by atoms with E-state index in [1.54, 1.807) is 0 Å². The Kier molecular flexibility index (Phi) is 6.15. The number of fused-ring (bicyclic) bond motifs is 1. The highest BCUT2D eigenvalue weighted by Crippen LogP contribution is 2.40. The summed E-state index contributed by atoms with van der Waals surface area (Å²) in [6, 6.07) is 4.82. The number of aromatic nitrogens is 1. The normalized spacial score (nSPS) is 18.3. The van der Waals surface area contributed by atoms with E-state index in [1.807, 2.05) is 18.2 Å². The van der Waals surface area contributed by atoms with Crippen LogP contribution in [0.15, 0.2) is 27.6 Å². The predicted octanol–water partition coefficient (Wildman–Crippen LogP) is 1.55. The van der Waals surface area contributed by atoms with Crippen molar-refractivity contribution in [3.8, 4) is 11.5 Å². The van der Waals surface area contributed by atoms with E-state index in [2.05, 4.69) is 15.2 Å². The van der Waals surface area contributed by atoms with E-state index in [0.717, 1.165) is 5.56 Å². The lowest BCUT2D eigenvalue weighted by molar-refractivity contribution is -0.122. The Morgan fingerprint density at radius 3 is 2.59 bits per heavy atom. The van der Waals surface area contributed by atoms with Crippen LogP contribution < -0.4 is 19.5 Å². The average Bonchev–Trinajstić information content (AvgIpc) is 3.37. The molecule has 2 aliphatic rings. The van der Waals surface area contributed by atoms with Gasteiger partial charge in [0.2, 0.25) is 22.7 Å². The molecule has 1 aromatic heterocycles. The molecule has 10 nitrogen and oxygen atoms in total. The molecule has 0 saturated carbocycles. The Labute approximate surface area is 186 Å². The number of hydrogen-bond acceptors (Lipinski definition) is 8. The van der Waals surface area contributed by atoms with Gasteiger partial charge in [0.15, 0.2) is 17.3 Å². The van der Waals surface area contributed by atoms with Gasteiger partial charge >= 0.3 is 0 Å². The van der Waals surface area contributed by atoms with Crippen LogP contribution in [0.4, 0.5) is 0 Å². The molecule has 0 spiro atoms. The fourth-order valence-corrected chi connectivity index (χ4v) is 5.70. The average molecular weight is 466 g/mol. The minimum atomic E-state index is -3.96. The molecular formula is C21H27N3O7S. The van der Waals surface area contributed by atoms with Crippen molar-refractivity contribution in [1.82, 2.24) is 15.2 Å². The van der Waals surface area contributed by atoms with Crippen LogP contribution in [0.5, 0.6) is 11.5 Å². The number of hydrogen-bond donors (Lipinski definition) is 2. The first-order chi connectivity index (χ1) is 15.2. The van der Waals surface area contributed by atoms with Crippen LogP contribution in [0.2, 0.25) is 0 Å². The van der Waals surface area contributed by atoms with E-state index in [4.69, 9.17) is 18.7 Å². The number of aryl methyl sites for hydroxylation is 2. The zero-order chi connectivity index (χ0) is 22.9. The number of nitrogens with zero attached hydrogens (tertiary/aromatic N) is 1. The van der Waals surface area contributed by atoms with Gasteiger partial charge in [-0.1, -0.05) is 11.2 Å². The van der Waals surface area contributed by atoms with Crippen LogP contribution in [0.25, 0.3) is 0 Å². The van der Waals surface area contributed by atoms with E-state index >= 15 is 0 Å². The third kappa shape index (κ3) is 4.32. The maximum atomic E-state index is 12.8. The molecule has 2 aromatic rings. The highest BCUT2D eigenvalue weighted by Gasteiger charge is 2.37. The highest BCUT2D eigenvalue weighted by atomic mass is 32.2. The van der Waals surface area contributed by atoms with Gasteiger partial charge in [0, 0.05) is 25.2 Å². The minimum absolute atomic E-state index is 0.0431. The standard InChI is InChI=1S/C21H27N3O7S/c1-13-19(15(3)31-23-13)32(26,27)24-14(2)20(25)22-11-21(6-8-28-9-7-21)16-4-5-17-18(10-16)30-12-29-17/h4-5,10,14,24H,6-9,11-12H2,1-3H3,(H,22,25)/t14-/m0/s1. The monoisotopic (exact) mass is 465 g/mol. The van der Waals surface area contributed by atoms with Gasteiger partial charge in [-0.15, -0.1) is 0 Å². The van der Waals surface area contributed by atoms with Crippen LogP contribution in [-0.4, -0.2) is 52.1 Å². The van der Waals surface area contributed by atoms with Crippen molar-refractivity contribution in [2.45, 2.75) is 50.0 Å². The molecule has 4 rings (SSSR count). The first-order valence-corrected chi connectivity index (χ1v) is 11.9. The van der Waals surface area contributed by atoms with Crippen molar-refractivity contribution in [1.29, 1.82) is 0 Å². The van der Waals surface area contributed by atoms with E-state index < -0.39 is 22.0 Å². The molecule has 1 fully saturated rings. The van der Waals surface area contributed by atoms with Crippen LogP contribution in [0.3, 0.4) is 0 Å². The van der Waals surface area contributed by atoms with E-state index in [0.29, 0.717) is 44.1 Å². The van der Waals surface area contributed by atoms with Gasteiger partial charge in [-0.25, -0.2) is 8.42 Å². The number of nitrogens with one attached hydrogen (secondary N) is 2. The minimum Gasteiger partial charge on any atom is -0.454 e. The van der Waals surface area contributed by atoms with Gasteiger partial charge in [0.25, 0.3) is 0 Å². The first-order valence-electron chi connectivity index (χ1n) is 10.4. The zero-order valence-corrected chi connectivity index (χ0v) is 19.1. The van der Waals surface area contributed by atoms with Gasteiger partial charge in [-0.2, -0.15) is 4.72 Å². The van der Waals surface area contributed by atoms with Crippen LogP contribution in [-0.2, 0) is 25.0 Å². The maximum Gasteiger partial charge on any atom is 0.246 e. The molecule has 0 unspecified atom stereocenters. The number of amides is 1. The summed E-state index contributed by atoms with van der Waals surface area (Å²) in [5.41, 5.74) is 0.913. The smallest absolute Gasteiger partial charge is 0.246 e. The van der Waals surface area contributed by atoms with Gasteiger partial charge in [0.1, 0.15) is 10.6 Å². The molecule has 0 radical (unpaired) electrons. The number of carbonyl (C=O) groups excluding carboxylic acids is 1. The second kappa shape index (κ2) is 8.72. The van der Waals surface area contributed by atoms with E-state index in [9.17, 15) is 13.2 Å². The molecule has 174 valence electrons. The summed E-state index contributed by atoms with van der Waals surface area (Å²) >= 11 is 0. The lowest BCUT2D eigenvalue weighted by Gasteiger charge is -2.38. The summed E-state index contributed by atoms with van der Waals surface area (Å²) in [6.45, 7) is 6.22. The number of rotatable bonds is 7. The molecule has 2 N–H and O–H groups in total. The zero-order valence-electron chi connectivity index (χ0n) is 18.3. The Morgan fingerprint density at radius 2 is 1.91 bits per heavy atom. The lowest BCUT2D eigenvalue weighted by atomic mass is 9.74. The first kappa shape index (κ1) is 22.6. The van der Waals surface area contributed by atoms with Crippen molar-refractivity contribution < 1.29 is 31.9 Å². The number of ether oxygens (including phenoxy) is 3. The topological polar surface area (TPSA) is 129 Å². The fourth-order valence-electron chi connectivity index (χ4n) is 4.17. The van der Waals surface area contributed by atoms with Crippen LogP contribution in [0.1, 0.15) is 36.8 Å². The molecular weight excluding hydrogens is 438 g/mol. The molecule has 0 bridgehead atoms. The van der Waals surface area contributed by atoms with E-state index in [-0.39, 0.29) is 28.6 Å². The van der Waals surface area contributed by atoms with Gasteiger partial charge in [0.05, 0.1) is 6.04 Å². The van der Waals surface area contributed by atoms with Crippen molar-refractivity contribution in [3.63, 3.8) is 0 Å². The van der Waals surface area contributed by atoms with Crippen molar-refractivity contribution in [3.05, 3.63) is 35.2 Å². The molecule has 0 aliphatic carbocycles. The molecule has 1 saturated heterocycles. The molecule has 2 aliphatic heterocycles. The second-order valence-corrected chi connectivity index (χ2v) is 9.83. The molecule has 1 aromatic carbocycles. The fraction of sp³-hybridized carbons (Fsp3) is 0.524. The Bertz CT molecular complexity index is 1090. The number of carbonyl (C=O) groups is 1. The molecule has 1 atom stereocenters. The van der Waals surface area contributed by atoms with Crippen molar-refractivity contribution in [2.24, 2.45) is 0 Å². The Hall–Kier alpha value is -2.63. The summed E-state index contributed by atoms with van der Waals surface area (Å²) in [5.74, 6) is 1.13. The Balaban J connectivity index is 1.47. The number of benzene rings is 1. The summed E-state index contributed by atoms with van der Waals surface area (Å²) < 4.78 is 49.3. The summed E-state index contributed by atoms with van der Waals surface area (Å²) in [5, 5.41) is 6.60. The van der Waals surface area contributed by atoms with Crippen LogP contribution >= 0.6 is 0 Å². The second-order valence-electron chi connectivity index (χ2n) is 8.17. The summed E-state index contributed by atoms with van der Waals surface area (Å²) in [7, 11) is -3.96. The molecule has 11 heteroatoms. The van der Waals surface area contributed by atoms with Gasteiger partial charge in [-0.05, 0) is 51.3 Å². The third-order valence-electron chi connectivity index (χ3n) is 6.00. The summed E-state index contributed by atoms with van der Waals surface area (Å²) in [6.07, 6.45) is 1.43. The van der Waals surface area contributed by atoms with E-state index in [1.165, 1.54) is 20.8 Å². The Morgan fingerprint density at radius 1 is 1.19 bits per heavy atom. The van der Waals surface area contributed by atoms with Gasteiger partial charge < -0.3 is 24.1 Å². The lowest BCUT2D eigenvalue weighted by Crippen LogP contribution is -2.50.